The second kappa shape index (κ2) is 5.54. The predicted octanol–water partition coefficient (Wildman–Crippen LogP) is 3.58. The Bertz CT molecular complexity index is 1000. The van der Waals surface area contributed by atoms with Gasteiger partial charge in [-0.1, -0.05) is 23.2 Å². The van der Waals surface area contributed by atoms with Gasteiger partial charge in [0.15, 0.2) is 5.69 Å². The lowest BCUT2D eigenvalue weighted by molar-refractivity contribution is 0.0696. The Kier molecular flexibility index (Phi) is 3.68. The number of hydrogen-bond donors (Lipinski definition) is 1. The van der Waals surface area contributed by atoms with Crippen molar-refractivity contribution in [1.29, 1.82) is 5.26 Å². The summed E-state index contributed by atoms with van der Waals surface area (Å²) in [6, 6.07) is 6.67. The van der Waals surface area contributed by atoms with E-state index < -0.39 is 5.97 Å². The van der Waals surface area contributed by atoms with E-state index in [4.69, 9.17) is 28.5 Å². The first-order valence-electron chi connectivity index (χ1n) is 6.41. The number of aryl methyl sites for hydroxylation is 1. The lowest BCUT2D eigenvalue weighted by atomic mass is 10.0. The lowest BCUT2D eigenvalue weighted by Gasteiger charge is -2.13. The Morgan fingerprint density at radius 2 is 2.09 bits per heavy atom. The summed E-state index contributed by atoms with van der Waals surface area (Å²) in [4.78, 5) is 19.9. The van der Waals surface area contributed by atoms with E-state index in [1.165, 1.54) is 16.7 Å². The Hall–Kier alpha value is -2.62. The summed E-state index contributed by atoms with van der Waals surface area (Å²) in [6.45, 7) is 1.57. The minimum Gasteiger partial charge on any atom is -0.478 e. The molecule has 0 spiro atoms. The quantitative estimate of drug-likeness (QED) is 0.765. The zero-order valence-corrected chi connectivity index (χ0v) is 13.2. The molecule has 8 heteroatoms. The molecule has 1 aromatic carbocycles. The first-order valence-corrected chi connectivity index (χ1v) is 7.16. The van der Waals surface area contributed by atoms with Gasteiger partial charge in [-0.2, -0.15) is 10.2 Å². The number of aromatic carboxylic acids is 1. The average molecular weight is 347 g/mol. The van der Waals surface area contributed by atoms with Gasteiger partial charge in [0.2, 0.25) is 5.78 Å². The van der Waals surface area contributed by atoms with E-state index in [0.29, 0.717) is 21.3 Å². The van der Waals surface area contributed by atoms with Gasteiger partial charge < -0.3 is 5.11 Å². The third-order valence-corrected chi connectivity index (χ3v) is 3.86. The smallest absolute Gasteiger partial charge is 0.339 e. The maximum absolute atomic E-state index is 11.7. The van der Waals surface area contributed by atoms with Crippen LogP contribution in [0.3, 0.4) is 0 Å². The molecule has 23 heavy (non-hydrogen) atoms. The fourth-order valence-corrected chi connectivity index (χ4v) is 2.87. The Morgan fingerprint density at radius 1 is 1.35 bits per heavy atom. The van der Waals surface area contributed by atoms with Crippen LogP contribution >= 0.6 is 23.2 Å². The first-order chi connectivity index (χ1) is 10.9. The highest BCUT2D eigenvalue weighted by Gasteiger charge is 2.23. The summed E-state index contributed by atoms with van der Waals surface area (Å²) in [5, 5.41) is 19.3. The molecule has 0 amide bonds. The van der Waals surface area contributed by atoms with Gasteiger partial charge in [0.05, 0.1) is 16.4 Å². The third-order valence-electron chi connectivity index (χ3n) is 3.31. The molecule has 0 aliphatic carbocycles. The summed E-state index contributed by atoms with van der Waals surface area (Å²) in [5.74, 6) is -0.921. The van der Waals surface area contributed by atoms with Crippen molar-refractivity contribution in [1.82, 2.24) is 14.4 Å². The van der Waals surface area contributed by atoms with Gasteiger partial charge in [0, 0.05) is 16.8 Å². The van der Waals surface area contributed by atoms with Gasteiger partial charge in [-0.05, 0) is 25.1 Å². The van der Waals surface area contributed by atoms with Crippen LogP contribution in [0.4, 0.5) is 0 Å². The van der Waals surface area contributed by atoms with E-state index in [9.17, 15) is 9.90 Å². The Morgan fingerprint density at radius 3 is 2.70 bits per heavy atom. The zero-order chi connectivity index (χ0) is 16.7. The summed E-state index contributed by atoms with van der Waals surface area (Å²) < 4.78 is 1.45. The van der Waals surface area contributed by atoms with Crippen LogP contribution in [0.15, 0.2) is 24.4 Å². The molecule has 2 heterocycles. The number of aromatic nitrogens is 3. The van der Waals surface area contributed by atoms with Crippen LogP contribution < -0.4 is 0 Å². The highest BCUT2D eigenvalue weighted by molar-refractivity contribution is 6.36. The van der Waals surface area contributed by atoms with E-state index >= 15 is 0 Å². The highest BCUT2D eigenvalue weighted by Crippen LogP contribution is 2.34. The van der Waals surface area contributed by atoms with E-state index in [-0.39, 0.29) is 22.7 Å². The molecule has 2 aromatic heterocycles. The Labute approximate surface area is 140 Å². The molecule has 3 rings (SSSR count). The van der Waals surface area contributed by atoms with E-state index in [2.05, 4.69) is 9.97 Å². The molecule has 1 N–H and O–H groups in total. The van der Waals surface area contributed by atoms with E-state index in [1.54, 1.807) is 19.1 Å². The second-order valence-corrected chi connectivity index (χ2v) is 5.60. The van der Waals surface area contributed by atoms with Gasteiger partial charge in [0.1, 0.15) is 11.6 Å². The molecule has 114 valence electrons. The van der Waals surface area contributed by atoms with E-state index in [0.717, 1.165) is 0 Å². The van der Waals surface area contributed by atoms with Crippen molar-refractivity contribution >= 4 is 34.9 Å². The summed E-state index contributed by atoms with van der Waals surface area (Å²) in [7, 11) is 0. The molecule has 0 aliphatic rings. The molecule has 0 saturated carbocycles. The van der Waals surface area contributed by atoms with Gasteiger partial charge >= 0.3 is 5.97 Å². The van der Waals surface area contributed by atoms with Crippen LogP contribution in [0, 0.1) is 18.3 Å². The van der Waals surface area contributed by atoms with Crippen LogP contribution in [0.2, 0.25) is 10.0 Å². The average Bonchev–Trinajstić information content (AvgIpc) is 2.88. The van der Waals surface area contributed by atoms with Crippen molar-refractivity contribution < 1.29 is 9.90 Å². The van der Waals surface area contributed by atoms with Crippen LogP contribution in [0.1, 0.15) is 21.7 Å². The summed E-state index contributed by atoms with van der Waals surface area (Å²) >= 11 is 12.1. The molecule has 0 radical (unpaired) electrons. The molecule has 0 aliphatic heterocycles. The minimum atomic E-state index is -1.15. The number of imidazole rings is 1. The topological polar surface area (TPSA) is 91.3 Å². The molecule has 0 fully saturated rings. The number of fused-ring (bicyclic) bond motifs is 1. The maximum Gasteiger partial charge on any atom is 0.339 e. The van der Waals surface area contributed by atoms with Crippen LogP contribution in [0.5, 0.6) is 0 Å². The summed E-state index contributed by atoms with van der Waals surface area (Å²) in [5.41, 5.74) is 1.16. The number of halogens is 2. The van der Waals surface area contributed by atoms with Crippen LogP contribution in [-0.2, 0) is 0 Å². The molecule has 0 saturated heterocycles. The fourth-order valence-electron chi connectivity index (χ4n) is 2.37. The Balaban J connectivity index is 2.49. The standard InChI is InChI=1S/C15H8Cl2N4O2/c1-7-12(14(22)23)13(10-3-2-8(16)4-11(10)17)21-6-9(5-18)20-15(21)19-7/h2-4,6H,1H3,(H,22,23). The SMILES string of the molecule is Cc1nc2nc(C#N)cn2c(-c2ccc(Cl)cc2Cl)c1C(=O)O. The van der Waals surface area contributed by atoms with Crippen molar-refractivity contribution in [2.45, 2.75) is 6.92 Å². The van der Waals surface area contributed by atoms with Gasteiger partial charge in [0.25, 0.3) is 0 Å². The number of carboxylic acid groups (broad SMARTS) is 1. The molecule has 0 unspecified atom stereocenters. The highest BCUT2D eigenvalue weighted by atomic mass is 35.5. The summed E-state index contributed by atoms with van der Waals surface area (Å²) in [6.07, 6.45) is 1.43. The number of carbonyl (C=O) groups is 1. The second-order valence-electron chi connectivity index (χ2n) is 4.76. The number of nitriles is 1. The van der Waals surface area contributed by atoms with Crippen LogP contribution in [-0.4, -0.2) is 25.4 Å². The first kappa shape index (κ1) is 15.3. The molecule has 0 bridgehead atoms. The van der Waals surface area contributed by atoms with Crippen molar-refractivity contribution in [2.24, 2.45) is 0 Å². The van der Waals surface area contributed by atoms with Crippen LogP contribution in [0.25, 0.3) is 17.0 Å². The molecular formula is C15H8Cl2N4O2. The van der Waals surface area contributed by atoms with Crippen molar-refractivity contribution in [3.8, 4) is 17.3 Å². The monoisotopic (exact) mass is 346 g/mol. The lowest BCUT2D eigenvalue weighted by Crippen LogP contribution is -2.10. The fraction of sp³-hybridized carbons (Fsp3) is 0.0667. The number of benzene rings is 1. The number of rotatable bonds is 2. The van der Waals surface area contributed by atoms with Gasteiger partial charge in [-0.15, -0.1) is 0 Å². The van der Waals surface area contributed by atoms with Gasteiger partial charge in [-0.25, -0.2) is 9.78 Å². The molecule has 6 nitrogen and oxygen atoms in total. The van der Waals surface area contributed by atoms with E-state index in [1.807, 2.05) is 6.07 Å². The predicted molar refractivity (Wildman–Crippen MR) is 84.9 cm³/mol. The molecule has 0 atom stereocenters. The number of carboxylic acids is 1. The number of nitrogens with zero attached hydrogens (tertiary/aromatic N) is 4. The van der Waals surface area contributed by atoms with Crippen molar-refractivity contribution in [2.75, 3.05) is 0 Å². The van der Waals surface area contributed by atoms with Crippen molar-refractivity contribution in [3.05, 3.63) is 51.4 Å². The minimum absolute atomic E-state index is 0.0105. The molecule has 3 aromatic rings. The largest absolute Gasteiger partial charge is 0.478 e. The third kappa shape index (κ3) is 2.50. The normalized spacial score (nSPS) is 10.7. The van der Waals surface area contributed by atoms with Gasteiger partial charge in [-0.3, -0.25) is 4.40 Å². The van der Waals surface area contributed by atoms with Crippen molar-refractivity contribution in [3.63, 3.8) is 0 Å². The zero-order valence-electron chi connectivity index (χ0n) is 11.7. The maximum atomic E-state index is 11.7. The number of hydrogen-bond acceptors (Lipinski definition) is 4. The molecular weight excluding hydrogens is 339 g/mol.